The van der Waals surface area contributed by atoms with Gasteiger partial charge in [-0.2, -0.15) is 0 Å². The van der Waals surface area contributed by atoms with Crippen molar-refractivity contribution in [3.05, 3.63) is 0 Å². The molecule has 0 aliphatic carbocycles. The summed E-state index contributed by atoms with van der Waals surface area (Å²) in [5, 5.41) is 0. The Balaban J connectivity index is 4.68. The minimum atomic E-state index is 0.222. The summed E-state index contributed by atoms with van der Waals surface area (Å²) < 4.78 is 5.10. The maximum absolute atomic E-state index is 5.52. The SMILES string of the molecule is CCC(C)N(CCOC)C(=NC(C)C)NN. The van der Waals surface area contributed by atoms with Crippen LogP contribution in [0.15, 0.2) is 4.99 Å². The highest BCUT2D eigenvalue weighted by Crippen LogP contribution is 2.04. The summed E-state index contributed by atoms with van der Waals surface area (Å²) in [5.41, 5.74) is 2.68. The fourth-order valence-electron chi connectivity index (χ4n) is 1.38. The molecule has 0 rings (SSSR count). The van der Waals surface area contributed by atoms with Crippen LogP contribution in [0.5, 0.6) is 0 Å². The van der Waals surface area contributed by atoms with Crippen molar-refractivity contribution in [3.63, 3.8) is 0 Å². The molecule has 1 unspecified atom stereocenters. The highest BCUT2D eigenvalue weighted by Gasteiger charge is 2.16. The lowest BCUT2D eigenvalue weighted by Crippen LogP contribution is -2.50. The van der Waals surface area contributed by atoms with Crippen molar-refractivity contribution in [2.24, 2.45) is 10.8 Å². The van der Waals surface area contributed by atoms with E-state index in [9.17, 15) is 0 Å². The average Bonchev–Trinajstić information content (AvgIpc) is 2.26. The average molecular weight is 230 g/mol. The summed E-state index contributed by atoms with van der Waals surface area (Å²) in [6, 6.07) is 0.615. The minimum absolute atomic E-state index is 0.222. The molecule has 5 nitrogen and oxygen atoms in total. The van der Waals surface area contributed by atoms with Gasteiger partial charge in [-0.25, -0.2) is 10.8 Å². The molecule has 0 spiro atoms. The van der Waals surface area contributed by atoms with Crippen molar-refractivity contribution in [2.45, 2.75) is 46.2 Å². The standard InChI is InChI=1S/C11H26N4O/c1-6-10(4)15(7-8-16-5)11(14-12)13-9(2)3/h9-10H,6-8,12H2,1-5H3,(H,13,14). The molecule has 96 valence electrons. The van der Waals surface area contributed by atoms with Crippen LogP contribution >= 0.6 is 0 Å². The third-order valence-corrected chi connectivity index (χ3v) is 2.44. The van der Waals surface area contributed by atoms with E-state index in [0.29, 0.717) is 12.6 Å². The van der Waals surface area contributed by atoms with Crippen LogP contribution in [0.4, 0.5) is 0 Å². The number of nitrogens with zero attached hydrogens (tertiary/aromatic N) is 2. The number of nitrogens with two attached hydrogens (primary N) is 1. The zero-order valence-corrected chi connectivity index (χ0v) is 11.2. The van der Waals surface area contributed by atoms with Gasteiger partial charge < -0.3 is 9.64 Å². The summed E-state index contributed by atoms with van der Waals surface area (Å²) >= 11 is 0. The summed E-state index contributed by atoms with van der Waals surface area (Å²) in [4.78, 5) is 6.61. The van der Waals surface area contributed by atoms with Crippen molar-refractivity contribution in [3.8, 4) is 0 Å². The third kappa shape index (κ3) is 5.32. The first kappa shape index (κ1) is 15.2. The molecule has 0 aromatic heterocycles. The highest BCUT2D eigenvalue weighted by atomic mass is 16.5. The van der Waals surface area contributed by atoms with E-state index >= 15 is 0 Å². The van der Waals surface area contributed by atoms with Crippen molar-refractivity contribution < 1.29 is 4.74 Å². The highest BCUT2D eigenvalue weighted by molar-refractivity contribution is 5.79. The summed E-state index contributed by atoms with van der Waals surface area (Å²) in [6.07, 6.45) is 1.04. The molecule has 0 saturated carbocycles. The van der Waals surface area contributed by atoms with Crippen molar-refractivity contribution in [2.75, 3.05) is 20.3 Å². The van der Waals surface area contributed by atoms with Crippen molar-refractivity contribution >= 4 is 5.96 Å². The van der Waals surface area contributed by atoms with E-state index in [0.717, 1.165) is 18.9 Å². The molecule has 0 aromatic carbocycles. The molecular weight excluding hydrogens is 204 g/mol. The largest absolute Gasteiger partial charge is 0.383 e. The van der Waals surface area contributed by atoms with Crippen molar-refractivity contribution in [1.29, 1.82) is 0 Å². The molecule has 1 atom stereocenters. The molecule has 0 amide bonds. The first-order chi connectivity index (χ1) is 7.56. The molecule has 0 aromatic rings. The molecule has 0 bridgehead atoms. The van der Waals surface area contributed by atoms with Gasteiger partial charge in [0, 0.05) is 25.7 Å². The van der Waals surface area contributed by atoms with Gasteiger partial charge in [-0.15, -0.1) is 0 Å². The molecule has 0 radical (unpaired) electrons. The topological polar surface area (TPSA) is 62.9 Å². The lowest BCUT2D eigenvalue weighted by molar-refractivity contribution is 0.161. The maximum atomic E-state index is 5.52. The van der Waals surface area contributed by atoms with Crippen LogP contribution in [0.1, 0.15) is 34.1 Å². The fourth-order valence-corrected chi connectivity index (χ4v) is 1.38. The molecule has 0 aliphatic heterocycles. The molecule has 0 aliphatic rings. The van der Waals surface area contributed by atoms with Crippen LogP contribution in [0.25, 0.3) is 0 Å². The van der Waals surface area contributed by atoms with Gasteiger partial charge in [0.1, 0.15) is 0 Å². The third-order valence-electron chi connectivity index (χ3n) is 2.44. The molecule has 5 heteroatoms. The lowest BCUT2D eigenvalue weighted by atomic mass is 10.2. The minimum Gasteiger partial charge on any atom is -0.383 e. The molecule has 0 fully saturated rings. The summed E-state index contributed by atoms with van der Waals surface area (Å²) in [6.45, 7) is 9.83. The van der Waals surface area contributed by atoms with E-state index in [1.807, 2.05) is 13.8 Å². The maximum Gasteiger partial charge on any atom is 0.208 e. The van der Waals surface area contributed by atoms with Gasteiger partial charge in [-0.05, 0) is 27.2 Å². The van der Waals surface area contributed by atoms with E-state index in [2.05, 4.69) is 29.2 Å². The Hall–Kier alpha value is -0.810. The number of nitrogens with one attached hydrogen (secondary N) is 1. The number of aliphatic imine (C=N–C) groups is 1. The molecular formula is C11H26N4O. The first-order valence-electron chi connectivity index (χ1n) is 5.86. The Morgan fingerprint density at radius 1 is 1.44 bits per heavy atom. The van der Waals surface area contributed by atoms with E-state index < -0.39 is 0 Å². The number of methoxy groups -OCH3 is 1. The van der Waals surface area contributed by atoms with Gasteiger partial charge in [0.15, 0.2) is 0 Å². The molecule has 3 N–H and O–H groups in total. The molecule has 16 heavy (non-hydrogen) atoms. The van der Waals surface area contributed by atoms with Gasteiger partial charge in [0.2, 0.25) is 5.96 Å². The predicted octanol–water partition coefficient (Wildman–Crippen LogP) is 0.961. The van der Waals surface area contributed by atoms with Crippen LogP contribution in [-0.2, 0) is 4.74 Å². The van der Waals surface area contributed by atoms with Crippen LogP contribution in [0.2, 0.25) is 0 Å². The monoisotopic (exact) mass is 230 g/mol. The number of hydrogen-bond acceptors (Lipinski definition) is 3. The van der Waals surface area contributed by atoms with Gasteiger partial charge in [-0.3, -0.25) is 5.43 Å². The zero-order valence-electron chi connectivity index (χ0n) is 11.2. The Morgan fingerprint density at radius 2 is 2.06 bits per heavy atom. The van der Waals surface area contributed by atoms with Gasteiger partial charge in [0.25, 0.3) is 0 Å². The van der Waals surface area contributed by atoms with Gasteiger partial charge >= 0.3 is 0 Å². The normalized spacial score (nSPS) is 14.1. The summed E-state index contributed by atoms with van der Waals surface area (Å²) in [5.74, 6) is 6.26. The second-order valence-corrected chi connectivity index (χ2v) is 4.13. The molecule has 0 heterocycles. The second kappa shape index (κ2) is 8.35. The first-order valence-corrected chi connectivity index (χ1v) is 5.86. The van der Waals surface area contributed by atoms with Crippen molar-refractivity contribution in [1.82, 2.24) is 10.3 Å². The number of hydrogen-bond donors (Lipinski definition) is 2. The van der Waals surface area contributed by atoms with E-state index in [4.69, 9.17) is 10.6 Å². The Kier molecular flexibility index (Phi) is 7.93. The Morgan fingerprint density at radius 3 is 2.44 bits per heavy atom. The van der Waals surface area contributed by atoms with E-state index in [1.165, 1.54) is 0 Å². The lowest BCUT2D eigenvalue weighted by Gasteiger charge is -2.31. The predicted molar refractivity (Wildman–Crippen MR) is 68.2 cm³/mol. The Bertz CT molecular complexity index is 206. The summed E-state index contributed by atoms with van der Waals surface area (Å²) in [7, 11) is 1.70. The molecule has 0 saturated heterocycles. The quantitative estimate of drug-likeness (QED) is 0.309. The fraction of sp³-hybridized carbons (Fsp3) is 0.909. The van der Waals surface area contributed by atoms with E-state index in [-0.39, 0.29) is 6.04 Å². The number of rotatable bonds is 6. The van der Waals surface area contributed by atoms with Gasteiger partial charge in [-0.1, -0.05) is 6.92 Å². The van der Waals surface area contributed by atoms with Crippen LogP contribution in [0, 0.1) is 0 Å². The van der Waals surface area contributed by atoms with Crippen LogP contribution in [-0.4, -0.2) is 43.2 Å². The smallest absolute Gasteiger partial charge is 0.208 e. The van der Waals surface area contributed by atoms with E-state index in [1.54, 1.807) is 7.11 Å². The number of guanidine groups is 1. The number of hydrazine groups is 1. The van der Waals surface area contributed by atoms with Crippen LogP contribution < -0.4 is 11.3 Å². The van der Waals surface area contributed by atoms with Gasteiger partial charge in [0.05, 0.1) is 6.61 Å². The number of ether oxygens (including phenoxy) is 1. The zero-order chi connectivity index (χ0) is 12.6. The van der Waals surface area contributed by atoms with Crippen LogP contribution in [0.3, 0.4) is 0 Å². The second-order valence-electron chi connectivity index (χ2n) is 4.13. The Labute approximate surface area is 99.0 Å².